The Kier molecular flexibility index (Phi) is 2.37. The second-order valence-electron chi connectivity index (χ2n) is 1.95. The van der Waals surface area contributed by atoms with Gasteiger partial charge in [-0.3, -0.25) is 0 Å². The van der Waals surface area contributed by atoms with Crippen LogP contribution in [0.2, 0.25) is 0 Å². The molecule has 5 nitrogen and oxygen atoms in total. The Bertz CT molecular complexity index is 259. The van der Waals surface area contributed by atoms with Crippen LogP contribution >= 0.6 is 12.2 Å². The highest BCUT2D eigenvalue weighted by molar-refractivity contribution is 7.80. The minimum atomic E-state index is 0.223. The third-order valence-corrected chi connectivity index (χ3v) is 1.13. The maximum Gasteiger partial charge on any atom is 0.246 e. The molecule has 0 radical (unpaired) electrons. The van der Waals surface area contributed by atoms with E-state index in [4.69, 9.17) is 10.3 Å². The first kappa shape index (κ1) is 7.93. The normalized spacial score (nSPS) is 9.55. The van der Waals surface area contributed by atoms with Crippen molar-refractivity contribution >= 4 is 17.3 Å². The van der Waals surface area contributed by atoms with Crippen LogP contribution in [0.15, 0.2) is 4.52 Å². The maximum atomic E-state index is 5.18. The lowest BCUT2D eigenvalue weighted by Gasteiger charge is -1.96. The fraction of sp³-hybridized carbons (Fsp3) is 0.400. The van der Waals surface area contributed by atoms with Crippen molar-refractivity contribution in [3.8, 4) is 0 Å². The molecule has 0 aliphatic rings. The van der Waals surface area contributed by atoms with Crippen LogP contribution in [0.3, 0.4) is 0 Å². The molecule has 6 heteroatoms. The second-order valence-corrected chi connectivity index (χ2v) is 2.39. The molecule has 1 rings (SSSR count). The minimum absolute atomic E-state index is 0.223. The van der Waals surface area contributed by atoms with E-state index in [2.05, 4.69) is 27.7 Å². The van der Waals surface area contributed by atoms with Crippen molar-refractivity contribution in [2.45, 2.75) is 13.5 Å². The summed E-state index contributed by atoms with van der Waals surface area (Å²) in [6.45, 7) is 2.13. The monoisotopic (exact) mass is 172 g/mol. The molecule has 1 aromatic heterocycles. The molecule has 0 saturated heterocycles. The summed E-state index contributed by atoms with van der Waals surface area (Å²) in [7, 11) is 0. The fourth-order valence-corrected chi connectivity index (χ4v) is 0.647. The number of nitrogens with two attached hydrogens (primary N) is 1. The summed E-state index contributed by atoms with van der Waals surface area (Å²) in [5.41, 5.74) is 5.18. The Labute approximate surface area is 69.0 Å². The molecule has 11 heavy (non-hydrogen) atoms. The zero-order valence-electron chi connectivity index (χ0n) is 6.00. The first-order chi connectivity index (χ1) is 5.18. The van der Waals surface area contributed by atoms with Gasteiger partial charge in [-0.15, -0.1) is 0 Å². The fourth-order valence-electron chi connectivity index (χ4n) is 0.575. The standard InChI is InChI=1S/C5H8N4OS/c1-3-8-4(10-9-3)2-7-5(6)11/h2H2,1H3,(H3,6,7,11). The molecule has 0 fully saturated rings. The van der Waals surface area contributed by atoms with Gasteiger partial charge in [0.25, 0.3) is 0 Å². The second kappa shape index (κ2) is 3.29. The van der Waals surface area contributed by atoms with Crippen LogP contribution in [0.25, 0.3) is 0 Å². The van der Waals surface area contributed by atoms with Crippen molar-refractivity contribution in [2.75, 3.05) is 0 Å². The topological polar surface area (TPSA) is 77.0 Å². The van der Waals surface area contributed by atoms with Gasteiger partial charge in [0.05, 0.1) is 6.54 Å². The quantitative estimate of drug-likeness (QED) is 0.597. The summed E-state index contributed by atoms with van der Waals surface area (Å²) < 4.78 is 4.78. The zero-order chi connectivity index (χ0) is 8.27. The number of thiocarbonyl (C=S) groups is 1. The Hall–Kier alpha value is -1.17. The average molecular weight is 172 g/mol. The molecule has 0 atom stereocenters. The molecule has 0 unspecified atom stereocenters. The van der Waals surface area contributed by atoms with Gasteiger partial charge in [-0.2, -0.15) is 4.98 Å². The molecule has 0 bridgehead atoms. The van der Waals surface area contributed by atoms with E-state index >= 15 is 0 Å². The lowest BCUT2D eigenvalue weighted by Crippen LogP contribution is -2.28. The summed E-state index contributed by atoms with van der Waals surface area (Å²) >= 11 is 4.58. The van der Waals surface area contributed by atoms with Gasteiger partial charge in [0, 0.05) is 0 Å². The van der Waals surface area contributed by atoms with E-state index in [1.54, 1.807) is 6.92 Å². The molecule has 0 aliphatic carbocycles. The first-order valence-electron chi connectivity index (χ1n) is 3.01. The van der Waals surface area contributed by atoms with Crippen LogP contribution in [0.1, 0.15) is 11.7 Å². The molecule has 0 spiro atoms. The van der Waals surface area contributed by atoms with Gasteiger partial charge >= 0.3 is 0 Å². The number of rotatable bonds is 2. The number of nitrogens with zero attached hydrogens (tertiary/aromatic N) is 2. The van der Waals surface area contributed by atoms with E-state index in [0.29, 0.717) is 18.3 Å². The highest BCUT2D eigenvalue weighted by Gasteiger charge is 2.00. The minimum Gasteiger partial charge on any atom is -0.376 e. The van der Waals surface area contributed by atoms with Crippen molar-refractivity contribution in [1.82, 2.24) is 15.5 Å². The van der Waals surface area contributed by atoms with E-state index in [9.17, 15) is 0 Å². The van der Waals surface area contributed by atoms with Crippen LogP contribution in [0.5, 0.6) is 0 Å². The summed E-state index contributed by atoms with van der Waals surface area (Å²) in [5.74, 6) is 1.08. The maximum absolute atomic E-state index is 5.18. The molecule has 60 valence electrons. The van der Waals surface area contributed by atoms with Gasteiger partial charge in [-0.05, 0) is 19.1 Å². The van der Waals surface area contributed by atoms with Gasteiger partial charge in [-0.25, -0.2) is 0 Å². The van der Waals surface area contributed by atoms with Crippen molar-refractivity contribution in [2.24, 2.45) is 5.73 Å². The smallest absolute Gasteiger partial charge is 0.246 e. The number of nitrogens with one attached hydrogen (secondary N) is 1. The highest BCUT2D eigenvalue weighted by atomic mass is 32.1. The van der Waals surface area contributed by atoms with E-state index in [1.807, 2.05) is 0 Å². The molecule has 0 aromatic carbocycles. The Morgan fingerprint density at radius 2 is 2.55 bits per heavy atom. The molecule has 3 N–H and O–H groups in total. The van der Waals surface area contributed by atoms with Crippen LogP contribution < -0.4 is 11.1 Å². The van der Waals surface area contributed by atoms with Crippen LogP contribution in [-0.4, -0.2) is 15.3 Å². The van der Waals surface area contributed by atoms with Crippen molar-refractivity contribution in [1.29, 1.82) is 0 Å². The molecule has 1 heterocycles. The van der Waals surface area contributed by atoms with Gasteiger partial charge in [0.15, 0.2) is 10.9 Å². The van der Waals surface area contributed by atoms with Crippen LogP contribution in [0.4, 0.5) is 0 Å². The SMILES string of the molecule is Cc1noc(CNC(N)=S)n1. The summed E-state index contributed by atoms with van der Waals surface area (Å²) in [4.78, 5) is 3.93. The number of aromatic nitrogens is 2. The van der Waals surface area contributed by atoms with Crippen molar-refractivity contribution < 1.29 is 4.52 Å². The Morgan fingerprint density at radius 3 is 3.00 bits per heavy atom. The lowest BCUT2D eigenvalue weighted by atomic mass is 10.6. The highest BCUT2D eigenvalue weighted by Crippen LogP contribution is 1.93. The van der Waals surface area contributed by atoms with Crippen molar-refractivity contribution in [3.05, 3.63) is 11.7 Å². The summed E-state index contributed by atoms with van der Waals surface area (Å²) in [6, 6.07) is 0. The largest absolute Gasteiger partial charge is 0.376 e. The third-order valence-electron chi connectivity index (χ3n) is 0.983. The number of aryl methyl sites for hydroxylation is 1. The first-order valence-corrected chi connectivity index (χ1v) is 3.42. The zero-order valence-corrected chi connectivity index (χ0v) is 6.81. The molecule has 0 saturated carbocycles. The van der Waals surface area contributed by atoms with E-state index in [1.165, 1.54) is 0 Å². The van der Waals surface area contributed by atoms with E-state index in [0.717, 1.165) is 0 Å². The Balaban J connectivity index is 2.45. The van der Waals surface area contributed by atoms with Crippen LogP contribution in [-0.2, 0) is 6.54 Å². The molecule has 0 amide bonds. The van der Waals surface area contributed by atoms with Gasteiger partial charge in [-0.1, -0.05) is 5.16 Å². The molecule has 0 aliphatic heterocycles. The molecular formula is C5H8N4OS. The predicted octanol–water partition coefficient (Wildman–Crippen LogP) is -0.289. The Morgan fingerprint density at radius 1 is 1.82 bits per heavy atom. The predicted molar refractivity (Wildman–Crippen MR) is 42.7 cm³/mol. The van der Waals surface area contributed by atoms with E-state index < -0.39 is 0 Å². The third kappa shape index (κ3) is 2.50. The van der Waals surface area contributed by atoms with Crippen LogP contribution in [0, 0.1) is 6.92 Å². The molecule has 1 aromatic rings. The summed E-state index contributed by atoms with van der Waals surface area (Å²) in [5, 5.41) is 6.50. The summed E-state index contributed by atoms with van der Waals surface area (Å²) in [6.07, 6.45) is 0. The number of hydrogen-bond donors (Lipinski definition) is 2. The number of hydrogen-bond acceptors (Lipinski definition) is 4. The lowest BCUT2D eigenvalue weighted by molar-refractivity contribution is 0.372. The van der Waals surface area contributed by atoms with Gasteiger partial charge < -0.3 is 15.6 Å². The van der Waals surface area contributed by atoms with Gasteiger partial charge in [0.2, 0.25) is 5.89 Å². The van der Waals surface area contributed by atoms with Gasteiger partial charge in [0.1, 0.15) is 0 Å². The van der Waals surface area contributed by atoms with Crippen molar-refractivity contribution in [3.63, 3.8) is 0 Å². The van der Waals surface area contributed by atoms with E-state index in [-0.39, 0.29) is 5.11 Å². The average Bonchev–Trinajstić information content (AvgIpc) is 2.31. The molecular weight excluding hydrogens is 164 g/mol.